The molecule has 2 rings (SSSR count). The quantitative estimate of drug-likeness (QED) is 0.682. The van der Waals surface area contributed by atoms with E-state index < -0.39 is 0 Å². The van der Waals surface area contributed by atoms with Gasteiger partial charge in [0, 0.05) is 31.8 Å². The van der Waals surface area contributed by atoms with Crippen LogP contribution >= 0.6 is 0 Å². The second kappa shape index (κ2) is 6.53. The summed E-state index contributed by atoms with van der Waals surface area (Å²) in [5, 5.41) is 6.80. The second-order valence-electron chi connectivity index (χ2n) is 3.90. The van der Waals surface area contributed by atoms with Crippen LogP contribution in [0.1, 0.15) is 18.7 Å². The van der Waals surface area contributed by atoms with Crippen molar-refractivity contribution in [1.82, 2.24) is 30.0 Å². The van der Waals surface area contributed by atoms with E-state index in [1.54, 1.807) is 23.4 Å². The molecular formula is C11H16N6O. The number of hydrogen-bond acceptors (Lipinski definition) is 4. The predicted octanol–water partition coefficient (Wildman–Crippen LogP) is 0.140. The van der Waals surface area contributed by atoms with Gasteiger partial charge in [0.1, 0.15) is 18.5 Å². The van der Waals surface area contributed by atoms with E-state index in [0.29, 0.717) is 19.5 Å². The molecule has 2 heterocycles. The highest BCUT2D eigenvalue weighted by Crippen LogP contribution is 1.94. The van der Waals surface area contributed by atoms with Gasteiger partial charge in [0.05, 0.1) is 6.54 Å². The molecule has 0 aliphatic rings. The lowest BCUT2D eigenvalue weighted by Gasteiger charge is -2.04. The molecule has 0 aliphatic carbocycles. The Balaban J connectivity index is 1.55. The number of imidazole rings is 1. The third-order valence-electron chi connectivity index (χ3n) is 2.50. The summed E-state index contributed by atoms with van der Waals surface area (Å²) < 4.78 is 1.64. The number of nitrogens with zero attached hydrogens (tertiary/aromatic N) is 4. The van der Waals surface area contributed by atoms with Crippen LogP contribution in [-0.2, 0) is 17.8 Å². The average Bonchev–Trinajstić information content (AvgIpc) is 3.04. The highest BCUT2D eigenvalue weighted by Gasteiger charge is 2.02. The number of amides is 1. The van der Waals surface area contributed by atoms with E-state index in [2.05, 4.69) is 25.4 Å². The van der Waals surface area contributed by atoms with Crippen LogP contribution < -0.4 is 5.32 Å². The molecule has 2 aromatic heterocycles. The van der Waals surface area contributed by atoms with Crippen LogP contribution in [0.3, 0.4) is 0 Å². The fourth-order valence-electron chi connectivity index (χ4n) is 1.57. The standard InChI is InChI=1S/C11H16N6O/c18-11(3-7-17-9-12-8-16-17)15-4-1-2-10-13-5-6-14-10/h5-6,8-9H,1-4,7H2,(H,13,14)(H,15,18). The summed E-state index contributed by atoms with van der Waals surface area (Å²) >= 11 is 0. The Morgan fingerprint density at radius 1 is 1.50 bits per heavy atom. The van der Waals surface area contributed by atoms with Gasteiger partial charge in [-0.3, -0.25) is 9.48 Å². The third kappa shape index (κ3) is 4.00. The zero-order valence-corrected chi connectivity index (χ0v) is 10.0. The number of H-pyrrole nitrogens is 1. The molecule has 0 unspecified atom stereocenters. The Labute approximate surface area is 105 Å². The Hall–Kier alpha value is -2.18. The summed E-state index contributed by atoms with van der Waals surface area (Å²) in [5.74, 6) is 0.983. The van der Waals surface area contributed by atoms with Crippen LogP contribution in [0.4, 0.5) is 0 Å². The van der Waals surface area contributed by atoms with Crippen LogP contribution in [0.15, 0.2) is 25.0 Å². The first-order valence-corrected chi connectivity index (χ1v) is 5.92. The lowest BCUT2D eigenvalue weighted by molar-refractivity contribution is -0.121. The molecule has 0 aromatic carbocycles. The zero-order valence-electron chi connectivity index (χ0n) is 10.0. The van der Waals surface area contributed by atoms with Gasteiger partial charge in [-0.2, -0.15) is 5.10 Å². The molecular weight excluding hydrogens is 232 g/mol. The average molecular weight is 248 g/mol. The van der Waals surface area contributed by atoms with Crippen LogP contribution in [0.2, 0.25) is 0 Å². The SMILES string of the molecule is O=C(CCn1cncn1)NCCCc1ncc[nH]1. The molecule has 0 fully saturated rings. The molecule has 0 spiro atoms. The highest BCUT2D eigenvalue weighted by atomic mass is 16.1. The van der Waals surface area contributed by atoms with E-state index in [-0.39, 0.29) is 5.91 Å². The van der Waals surface area contributed by atoms with E-state index in [4.69, 9.17) is 0 Å². The smallest absolute Gasteiger partial charge is 0.221 e. The minimum Gasteiger partial charge on any atom is -0.356 e. The fraction of sp³-hybridized carbons (Fsp3) is 0.455. The summed E-state index contributed by atoms with van der Waals surface area (Å²) in [6, 6.07) is 0. The van der Waals surface area contributed by atoms with Crippen molar-refractivity contribution >= 4 is 5.91 Å². The number of aromatic nitrogens is 5. The van der Waals surface area contributed by atoms with Crippen LogP contribution in [0.25, 0.3) is 0 Å². The molecule has 2 N–H and O–H groups in total. The van der Waals surface area contributed by atoms with Crippen LogP contribution in [0, 0.1) is 0 Å². The fourth-order valence-corrected chi connectivity index (χ4v) is 1.57. The highest BCUT2D eigenvalue weighted by molar-refractivity contribution is 5.75. The van der Waals surface area contributed by atoms with Gasteiger partial charge in [0.15, 0.2) is 0 Å². The van der Waals surface area contributed by atoms with Crippen molar-refractivity contribution in [2.24, 2.45) is 0 Å². The largest absolute Gasteiger partial charge is 0.356 e. The molecule has 0 radical (unpaired) electrons. The van der Waals surface area contributed by atoms with Gasteiger partial charge in [-0.05, 0) is 6.42 Å². The van der Waals surface area contributed by atoms with E-state index in [0.717, 1.165) is 18.7 Å². The zero-order chi connectivity index (χ0) is 12.6. The summed E-state index contributed by atoms with van der Waals surface area (Å²) in [7, 11) is 0. The van der Waals surface area contributed by atoms with E-state index in [1.807, 2.05) is 0 Å². The molecule has 0 bridgehead atoms. The van der Waals surface area contributed by atoms with E-state index in [1.165, 1.54) is 6.33 Å². The van der Waals surface area contributed by atoms with Crippen molar-refractivity contribution in [3.05, 3.63) is 30.9 Å². The lowest BCUT2D eigenvalue weighted by Crippen LogP contribution is -2.25. The van der Waals surface area contributed by atoms with Crippen LogP contribution in [-0.4, -0.2) is 37.2 Å². The topological polar surface area (TPSA) is 88.5 Å². The molecule has 2 aromatic rings. The van der Waals surface area contributed by atoms with Crippen molar-refractivity contribution in [2.75, 3.05) is 6.54 Å². The minimum absolute atomic E-state index is 0.0324. The Bertz CT molecular complexity index is 450. The van der Waals surface area contributed by atoms with Gasteiger partial charge >= 0.3 is 0 Å². The number of nitrogens with one attached hydrogen (secondary N) is 2. The first-order chi connectivity index (χ1) is 8.84. The molecule has 0 aliphatic heterocycles. The van der Waals surface area contributed by atoms with E-state index in [9.17, 15) is 4.79 Å². The van der Waals surface area contributed by atoms with Crippen LogP contribution in [0.5, 0.6) is 0 Å². The Kier molecular flexibility index (Phi) is 4.46. The normalized spacial score (nSPS) is 10.4. The van der Waals surface area contributed by atoms with Crippen molar-refractivity contribution in [3.63, 3.8) is 0 Å². The second-order valence-corrected chi connectivity index (χ2v) is 3.90. The van der Waals surface area contributed by atoms with Gasteiger partial charge in [-0.25, -0.2) is 9.97 Å². The van der Waals surface area contributed by atoms with Crippen molar-refractivity contribution in [2.45, 2.75) is 25.8 Å². The molecule has 0 saturated heterocycles. The summed E-state index contributed by atoms with van der Waals surface area (Å²) in [5.41, 5.74) is 0. The maximum atomic E-state index is 11.5. The number of carbonyl (C=O) groups is 1. The first-order valence-electron chi connectivity index (χ1n) is 5.92. The maximum absolute atomic E-state index is 11.5. The van der Waals surface area contributed by atoms with Gasteiger partial charge in [-0.15, -0.1) is 0 Å². The molecule has 18 heavy (non-hydrogen) atoms. The molecule has 0 atom stereocenters. The van der Waals surface area contributed by atoms with Gasteiger partial charge in [-0.1, -0.05) is 0 Å². The Morgan fingerprint density at radius 2 is 2.44 bits per heavy atom. The summed E-state index contributed by atoms with van der Waals surface area (Å²) in [6.07, 6.45) is 8.73. The van der Waals surface area contributed by atoms with Crippen molar-refractivity contribution in [1.29, 1.82) is 0 Å². The number of aryl methyl sites for hydroxylation is 2. The summed E-state index contributed by atoms with van der Waals surface area (Å²) in [6.45, 7) is 1.22. The number of rotatable bonds is 7. The lowest BCUT2D eigenvalue weighted by atomic mass is 10.3. The summed E-state index contributed by atoms with van der Waals surface area (Å²) in [4.78, 5) is 22.5. The van der Waals surface area contributed by atoms with Crippen molar-refractivity contribution < 1.29 is 4.79 Å². The van der Waals surface area contributed by atoms with Gasteiger partial charge in [0.25, 0.3) is 0 Å². The molecule has 96 valence electrons. The van der Waals surface area contributed by atoms with Gasteiger partial charge < -0.3 is 10.3 Å². The number of carbonyl (C=O) groups excluding carboxylic acids is 1. The molecule has 1 amide bonds. The third-order valence-corrected chi connectivity index (χ3v) is 2.50. The Morgan fingerprint density at radius 3 is 3.17 bits per heavy atom. The van der Waals surface area contributed by atoms with Gasteiger partial charge in [0.2, 0.25) is 5.91 Å². The predicted molar refractivity (Wildman–Crippen MR) is 64.6 cm³/mol. The first kappa shape index (κ1) is 12.3. The molecule has 0 saturated carbocycles. The molecule has 7 nitrogen and oxygen atoms in total. The maximum Gasteiger partial charge on any atom is 0.221 e. The van der Waals surface area contributed by atoms with E-state index >= 15 is 0 Å². The molecule has 7 heteroatoms. The monoisotopic (exact) mass is 248 g/mol. The van der Waals surface area contributed by atoms with Crippen molar-refractivity contribution in [3.8, 4) is 0 Å². The number of hydrogen-bond donors (Lipinski definition) is 2. The number of aromatic amines is 1. The minimum atomic E-state index is 0.0324.